The molecule has 7 nitrogen and oxygen atoms in total. The first kappa shape index (κ1) is 18.6. The lowest BCUT2D eigenvalue weighted by atomic mass is 10.1. The number of hydrogen-bond donors (Lipinski definition) is 2. The maximum absolute atomic E-state index is 12.5. The minimum absolute atomic E-state index is 0.118. The predicted molar refractivity (Wildman–Crippen MR) is 96.0 cm³/mol. The van der Waals surface area contributed by atoms with E-state index in [2.05, 4.69) is 16.0 Å². The molecule has 2 rings (SSSR count). The van der Waals surface area contributed by atoms with Gasteiger partial charge in [0, 0.05) is 17.8 Å². The summed E-state index contributed by atoms with van der Waals surface area (Å²) in [5.41, 5.74) is 4.72. The van der Waals surface area contributed by atoms with Gasteiger partial charge in [-0.3, -0.25) is 25.2 Å². The number of carbonyl (C=O) groups excluding carboxylic acids is 2. The van der Waals surface area contributed by atoms with Crippen molar-refractivity contribution in [3.63, 3.8) is 0 Å². The van der Waals surface area contributed by atoms with Crippen LogP contribution in [0.25, 0.3) is 10.8 Å². The zero-order chi connectivity index (χ0) is 18.4. The van der Waals surface area contributed by atoms with Crippen molar-refractivity contribution < 1.29 is 9.59 Å². The van der Waals surface area contributed by atoms with E-state index in [0.29, 0.717) is 17.3 Å². The van der Waals surface area contributed by atoms with Crippen LogP contribution in [0.4, 0.5) is 0 Å². The van der Waals surface area contributed by atoms with Gasteiger partial charge < -0.3 is 0 Å². The van der Waals surface area contributed by atoms with E-state index in [1.807, 2.05) is 13.8 Å². The first-order chi connectivity index (χ1) is 12.0. The molecule has 0 bridgehead atoms. The fraction of sp³-hybridized carbons (Fsp3) is 0.444. The smallest absolute Gasteiger partial charge is 0.273 e. The molecule has 0 aliphatic rings. The zero-order valence-electron chi connectivity index (χ0n) is 14.8. The van der Waals surface area contributed by atoms with E-state index in [1.54, 1.807) is 31.2 Å². The lowest BCUT2D eigenvalue weighted by molar-refractivity contribution is -0.125. The third kappa shape index (κ3) is 4.23. The van der Waals surface area contributed by atoms with Crippen LogP contribution in [0.15, 0.2) is 29.1 Å². The summed E-state index contributed by atoms with van der Waals surface area (Å²) in [6, 6.07) is 6.84. The summed E-state index contributed by atoms with van der Waals surface area (Å²) in [5.74, 6) is -0.983. The van der Waals surface area contributed by atoms with Crippen molar-refractivity contribution in [2.24, 2.45) is 5.92 Å². The number of hydrogen-bond acceptors (Lipinski definition) is 4. The Balaban J connectivity index is 2.30. The van der Waals surface area contributed by atoms with Crippen molar-refractivity contribution in [2.75, 3.05) is 0 Å². The van der Waals surface area contributed by atoms with Gasteiger partial charge >= 0.3 is 0 Å². The second-order valence-electron chi connectivity index (χ2n) is 6.06. The second-order valence-corrected chi connectivity index (χ2v) is 6.06. The fourth-order valence-electron chi connectivity index (χ4n) is 2.63. The van der Waals surface area contributed by atoms with Gasteiger partial charge in [-0.15, -0.1) is 0 Å². The van der Waals surface area contributed by atoms with Gasteiger partial charge in [0.15, 0.2) is 5.69 Å². The minimum Gasteiger partial charge on any atom is -0.273 e. The molecule has 1 unspecified atom stereocenters. The largest absolute Gasteiger partial charge is 0.290 e. The molecule has 1 aromatic heterocycles. The molecule has 2 N–H and O–H groups in total. The van der Waals surface area contributed by atoms with Gasteiger partial charge in [0.1, 0.15) is 0 Å². The van der Waals surface area contributed by atoms with Crippen molar-refractivity contribution in [3.8, 4) is 0 Å². The normalized spacial score (nSPS) is 12.0. The Bertz CT molecular complexity index is 829. The Labute approximate surface area is 146 Å². The first-order valence-corrected chi connectivity index (χ1v) is 8.59. The van der Waals surface area contributed by atoms with Crippen LogP contribution < -0.4 is 16.4 Å². The molecule has 0 fully saturated rings. The molecule has 2 aromatic rings. The lowest BCUT2D eigenvalue weighted by Crippen LogP contribution is -2.45. The first-order valence-electron chi connectivity index (χ1n) is 8.59. The van der Waals surface area contributed by atoms with Crippen LogP contribution in [0, 0.1) is 5.92 Å². The van der Waals surface area contributed by atoms with Crippen molar-refractivity contribution >= 4 is 22.6 Å². The SMILES string of the molecule is CCCC(C)C(=O)NNC(=O)c1nn(CCC)c(=O)c2ccccc12. The quantitative estimate of drug-likeness (QED) is 0.784. The summed E-state index contributed by atoms with van der Waals surface area (Å²) < 4.78 is 1.29. The van der Waals surface area contributed by atoms with Crippen LogP contribution in [0.5, 0.6) is 0 Å². The van der Waals surface area contributed by atoms with E-state index in [0.717, 1.165) is 19.3 Å². The average molecular weight is 344 g/mol. The molecular formula is C18H24N4O3. The summed E-state index contributed by atoms with van der Waals surface area (Å²) >= 11 is 0. The highest BCUT2D eigenvalue weighted by Gasteiger charge is 2.18. The standard InChI is InChI=1S/C18H24N4O3/c1-4-8-12(3)16(23)19-20-17(24)15-13-9-6-7-10-14(13)18(25)22(21-15)11-5-2/h6-7,9-10,12H,4-5,8,11H2,1-3H3,(H,19,23)(H,20,24). The molecule has 0 saturated heterocycles. The summed E-state index contributed by atoms with van der Waals surface area (Å²) in [7, 11) is 0. The Morgan fingerprint density at radius 2 is 1.80 bits per heavy atom. The van der Waals surface area contributed by atoms with E-state index in [-0.39, 0.29) is 23.1 Å². The van der Waals surface area contributed by atoms with Gasteiger partial charge in [-0.25, -0.2) is 4.68 Å². The van der Waals surface area contributed by atoms with Crippen LogP contribution >= 0.6 is 0 Å². The number of nitrogens with zero attached hydrogens (tertiary/aromatic N) is 2. The van der Waals surface area contributed by atoms with E-state index < -0.39 is 5.91 Å². The Morgan fingerprint density at radius 1 is 1.12 bits per heavy atom. The molecule has 1 aromatic carbocycles. The van der Waals surface area contributed by atoms with Crippen LogP contribution in [-0.4, -0.2) is 21.6 Å². The summed E-state index contributed by atoms with van der Waals surface area (Å²) in [4.78, 5) is 36.9. The highest BCUT2D eigenvalue weighted by molar-refractivity contribution is 6.05. The number of carbonyl (C=O) groups is 2. The number of aryl methyl sites for hydroxylation is 1. The van der Waals surface area contributed by atoms with Crippen LogP contribution in [0.1, 0.15) is 50.5 Å². The molecule has 7 heteroatoms. The van der Waals surface area contributed by atoms with E-state index in [4.69, 9.17) is 0 Å². The zero-order valence-corrected chi connectivity index (χ0v) is 14.8. The van der Waals surface area contributed by atoms with Crippen LogP contribution in [0.2, 0.25) is 0 Å². The van der Waals surface area contributed by atoms with Crippen molar-refractivity contribution in [1.82, 2.24) is 20.6 Å². The number of benzene rings is 1. The molecule has 0 aliphatic heterocycles. The topological polar surface area (TPSA) is 93.1 Å². The molecule has 1 heterocycles. The molecule has 2 amide bonds. The minimum atomic E-state index is -0.543. The Morgan fingerprint density at radius 3 is 2.44 bits per heavy atom. The molecule has 0 radical (unpaired) electrons. The highest BCUT2D eigenvalue weighted by Crippen LogP contribution is 2.13. The molecule has 134 valence electrons. The number of hydrazine groups is 1. The summed E-state index contributed by atoms with van der Waals surface area (Å²) in [6.07, 6.45) is 2.35. The van der Waals surface area contributed by atoms with E-state index >= 15 is 0 Å². The molecular weight excluding hydrogens is 320 g/mol. The number of amides is 2. The Hall–Kier alpha value is -2.70. The van der Waals surface area contributed by atoms with Gasteiger partial charge in [0.25, 0.3) is 11.5 Å². The monoisotopic (exact) mass is 344 g/mol. The van der Waals surface area contributed by atoms with Crippen molar-refractivity contribution in [3.05, 3.63) is 40.3 Å². The molecule has 0 spiro atoms. The molecule has 0 saturated carbocycles. The second kappa shape index (κ2) is 8.41. The maximum atomic E-state index is 12.5. The Kier molecular flexibility index (Phi) is 6.27. The van der Waals surface area contributed by atoms with Crippen molar-refractivity contribution in [2.45, 2.75) is 46.6 Å². The van der Waals surface area contributed by atoms with Gasteiger partial charge in [-0.2, -0.15) is 5.10 Å². The van der Waals surface area contributed by atoms with E-state index in [1.165, 1.54) is 4.68 Å². The maximum Gasteiger partial charge on any atom is 0.290 e. The van der Waals surface area contributed by atoms with Crippen molar-refractivity contribution in [1.29, 1.82) is 0 Å². The van der Waals surface area contributed by atoms with E-state index in [9.17, 15) is 14.4 Å². The fourth-order valence-corrected chi connectivity index (χ4v) is 2.63. The molecule has 0 aliphatic carbocycles. The highest BCUT2D eigenvalue weighted by atomic mass is 16.2. The summed E-state index contributed by atoms with van der Waals surface area (Å²) in [6.45, 7) is 6.15. The van der Waals surface area contributed by atoms with Gasteiger partial charge in [0.05, 0.1) is 5.39 Å². The van der Waals surface area contributed by atoms with Gasteiger partial charge in [-0.05, 0) is 18.9 Å². The van der Waals surface area contributed by atoms with Gasteiger partial charge in [0.2, 0.25) is 5.91 Å². The number of aromatic nitrogens is 2. The number of rotatable bonds is 6. The number of nitrogens with one attached hydrogen (secondary N) is 2. The number of fused-ring (bicyclic) bond motifs is 1. The lowest BCUT2D eigenvalue weighted by Gasteiger charge is -2.13. The third-order valence-electron chi connectivity index (χ3n) is 3.99. The van der Waals surface area contributed by atoms with Gasteiger partial charge in [-0.1, -0.05) is 45.4 Å². The predicted octanol–water partition coefficient (Wildman–Crippen LogP) is 2.00. The van der Waals surface area contributed by atoms with Crippen LogP contribution in [-0.2, 0) is 11.3 Å². The van der Waals surface area contributed by atoms with Crippen LogP contribution in [0.3, 0.4) is 0 Å². The molecule has 25 heavy (non-hydrogen) atoms. The summed E-state index contributed by atoms with van der Waals surface area (Å²) in [5, 5.41) is 5.09. The molecule has 1 atom stereocenters. The average Bonchev–Trinajstić information content (AvgIpc) is 2.62. The third-order valence-corrected chi connectivity index (χ3v) is 3.99.